The van der Waals surface area contributed by atoms with Gasteiger partial charge in [-0.25, -0.2) is 0 Å². The van der Waals surface area contributed by atoms with E-state index in [0.717, 1.165) is 30.1 Å². The molecule has 15 heavy (non-hydrogen) atoms. The van der Waals surface area contributed by atoms with E-state index in [1.807, 2.05) is 6.92 Å². The van der Waals surface area contributed by atoms with E-state index in [-0.39, 0.29) is 11.9 Å². The minimum atomic E-state index is -0.302. The summed E-state index contributed by atoms with van der Waals surface area (Å²) in [7, 11) is 0. The van der Waals surface area contributed by atoms with Crippen LogP contribution in [0, 0.1) is 23.7 Å². The summed E-state index contributed by atoms with van der Waals surface area (Å²) in [5.74, 6) is 3.54. The first-order chi connectivity index (χ1) is 7.22. The molecule has 0 saturated heterocycles. The molecule has 0 aromatic heterocycles. The maximum atomic E-state index is 11.7. The van der Waals surface area contributed by atoms with Crippen LogP contribution in [0.5, 0.6) is 0 Å². The van der Waals surface area contributed by atoms with Crippen LogP contribution in [-0.2, 0) is 4.79 Å². The van der Waals surface area contributed by atoms with Crippen LogP contribution in [0.4, 0.5) is 0 Å². The van der Waals surface area contributed by atoms with Gasteiger partial charge < -0.3 is 11.1 Å². The number of carbonyl (C=O) groups is 1. The van der Waals surface area contributed by atoms with Crippen molar-refractivity contribution in [2.75, 3.05) is 0 Å². The Morgan fingerprint density at radius 1 is 1.40 bits per heavy atom. The van der Waals surface area contributed by atoms with Crippen LogP contribution in [0.25, 0.3) is 0 Å². The van der Waals surface area contributed by atoms with Gasteiger partial charge in [-0.3, -0.25) is 4.79 Å². The number of nitrogens with two attached hydrogens (primary N) is 1. The van der Waals surface area contributed by atoms with Gasteiger partial charge in [0.1, 0.15) is 0 Å². The van der Waals surface area contributed by atoms with Crippen molar-refractivity contribution in [1.82, 2.24) is 5.32 Å². The standard InChI is InChI=1S/C12H20N2O/c1-2-8(13)12(15)14-11-9-6-3-4-7(5-6)10(9)11/h6-11H,2-5,13H2,1H3,(H,14,15). The smallest absolute Gasteiger partial charge is 0.237 e. The molecule has 3 fully saturated rings. The van der Waals surface area contributed by atoms with Crippen molar-refractivity contribution in [3.05, 3.63) is 0 Å². The number of hydrogen-bond donors (Lipinski definition) is 2. The summed E-state index contributed by atoms with van der Waals surface area (Å²) in [6.45, 7) is 1.96. The van der Waals surface area contributed by atoms with E-state index in [2.05, 4.69) is 5.32 Å². The van der Waals surface area contributed by atoms with Crippen molar-refractivity contribution < 1.29 is 4.79 Å². The van der Waals surface area contributed by atoms with E-state index in [1.165, 1.54) is 19.3 Å². The SMILES string of the molecule is CCC(N)C(=O)NC1C2C3CCC(C3)C12. The second kappa shape index (κ2) is 3.21. The molecule has 5 atom stereocenters. The summed E-state index contributed by atoms with van der Waals surface area (Å²) in [4.78, 5) is 11.7. The number of amides is 1. The molecule has 0 radical (unpaired) electrons. The number of hydrogen-bond acceptors (Lipinski definition) is 2. The Morgan fingerprint density at radius 3 is 2.53 bits per heavy atom. The van der Waals surface area contributed by atoms with Gasteiger partial charge in [-0.2, -0.15) is 0 Å². The third-order valence-electron chi connectivity index (χ3n) is 4.82. The summed E-state index contributed by atoms with van der Waals surface area (Å²) in [5.41, 5.74) is 5.72. The molecule has 0 spiro atoms. The van der Waals surface area contributed by atoms with Crippen LogP contribution >= 0.6 is 0 Å². The van der Waals surface area contributed by atoms with Gasteiger partial charge in [0.25, 0.3) is 0 Å². The molecule has 3 aliphatic rings. The lowest BCUT2D eigenvalue weighted by Gasteiger charge is -2.13. The first-order valence-corrected chi connectivity index (χ1v) is 6.28. The molecule has 3 heteroatoms. The average Bonchev–Trinajstić information content (AvgIpc) is 2.66. The summed E-state index contributed by atoms with van der Waals surface area (Å²) in [6.07, 6.45) is 4.97. The maximum absolute atomic E-state index is 11.7. The quantitative estimate of drug-likeness (QED) is 0.723. The van der Waals surface area contributed by atoms with Crippen molar-refractivity contribution in [3.63, 3.8) is 0 Å². The van der Waals surface area contributed by atoms with E-state index < -0.39 is 0 Å². The maximum Gasteiger partial charge on any atom is 0.237 e. The number of rotatable bonds is 3. The minimum absolute atomic E-state index is 0.0660. The van der Waals surface area contributed by atoms with Gasteiger partial charge >= 0.3 is 0 Å². The molecule has 3 aliphatic carbocycles. The monoisotopic (exact) mass is 208 g/mol. The second-order valence-electron chi connectivity index (χ2n) is 5.54. The molecular formula is C12H20N2O. The lowest BCUT2D eigenvalue weighted by atomic mass is 10.0. The Morgan fingerprint density at radius 2 is 2.00 bits per heavy atom. The van der Waals surface area contributed by atoms with Crippen LogP contribution < -0.4 is 11.1 Å². The van der Waals surface area contributed by atoms with Crippen molar-refractivity contribution in [1.29, 1.82) is 0 Å². The second-order valence-corrected chi connectivity index (χ2v) is 5.54. The van der Waals surface area contributed by atoms with Gasteiger partial charge in [0.15, 0.2) is 0 Å². The zero-order valence-electron chi connectivity index (χ0n) is 9.28. The zero-order valence-corrected chi connectivity index (χ0v) is 9.28. The molecule has 3 saturated carbocycles. The van der Waals surface area contributed by atoms with E-state index in [1.54, 1.807) is 0 Å². The molecule has 0 heterocycles. The van der Waals surface area contributed by atoms with Crippen LogP contribution in [0.15, 0.2) is 0 Å². The fraction of sp³-hybridized carbons (Fsp3) is 0.917. The minimum Gasteiger partial charge on any atom is -0.351 e. The van der Waals surface area contributed by atoms with Crippen molar-refractivity contribution >= 4 is 5.91 Å². The predicted octanol–water partition coefficient (Wildman–Crippen LogP) is 0.884. The molecule has 3 nitrogen and oxygen atoms in total. The lowest BCUT2D eigenvalue weighted by molar-refractivity contribution is -0.122. The molecule has 84 valence electrons. The molecule has 2 bridgehead atoms. The van der Waals surface area contributed by atoms with E-state index in [9.17, 15) is 4.79 Å². The molecule has 0 aromatic rings. The first kappa shape index (κ1) is 9.64. The van der Waals surface area contributed by atoms with Gasteiger partial charge in [0.2, 0.25) is 5.91 Å². The van der Waals surface area contributed by atoms with Gasteiger partial charge in [0.05, 0.1) is 6.04 Å². The van der Waals surface area contributed by atoms with E-state index in [0.29, 0.717) is 6.04 Å². The Balaban J connectivity index is 1.57. The number of nitrogens with one attached hydrogen (secondary N) is 1. The molecule has 3 rings (SSSR count). The van der Waals surface area contributed by atoms with Crippen LogP contribution in [0.1, 0.15) is 32.6 Å². The Kier molecular flexibility index (Phi) is 2.06. The number of fused-ring (bicyclic) bond motifs is 5. The van der Waals surface area contributed by atoms with Gasteiger partial charge in [-0.15, -0.1) is 0 Å². The first-order valence-electron chi connectivity index (χ1n) is 6.28. The molecule has 3 N–H and O–H groups in total. The Bertz CT molecular complexity index is 275. The zero-order chi connectivity index (χ0) is 10.6. The van der Waals surface area contributed by atoms with E-state index in [4.69, 9.17) is 5.73 Å². The van der Waals surface area contributed by atoms with Crippen LogP contribution in [0.2, 0.25) is 0 Å². The van der Waals surface area contributed by atoms with Crippen LogP contribution in [-0.4, -0.2) is 18.0 Å². The summed E-state index contributed by atoms with van der Waals surface area (Å²) < 4.78 is 0. The highest BCUT2D eigenvalue weighted by Gasteiger charge is 2.65. The van der Waals surface area contributed by atoms with E-state index >= 15 is 0 Å². The molecular weight excluding hydrogens is 188 g/mol. The Labute approximate surface area is 90.8 Å². The summed E-state index contributed by atoms with van der Waals surface area (Å²) >= 11 is 0. The van der Waals surface area contributed by atoms with Gasteiger partial charge in [-0.05, 0) is 49.4 Å². The Hall–Kier alpha value is -0.570. The molecule has 0 aromatic carbocycles. The topological polar surface area (TPSA) is 55.1 Å². The van der Waals surface area contributed by atoms with Crippen molar-refractivity contribution in [3.8, 4) is 0 Å². The molecule has 1 amide bonds. The normalized spacial score (nSPS) is 47.5. The fourth-order valence-electron chi connectivity index (χ4n) is 3.98. The van der Waals surface area contributed by atoms with Crippen molar-refractivity contribution in [2.24, 2.45) is 29.4 Å². The predicted molar refractivity (Wildman–Crippen MR) is 58.0 cm³/mol. The van der Waals surface area contributed by atoms with Gasteiger partial charge in [0, 0.05) is 6.04 Å². The van der Waals surface area contributed by atoms with Crippen molar-refractivity contribution in [2.45, 2.75) is 44.7 Å². The lowest BCUT2D eigenvalue weighted by Crippen LogP contribution is -2.42. The number of carbonyl (C=O) groups excluding carboxylic acids is 1. The van der Waals surface area contributed by atoms with Crippen LogP contribution in [0.3, 0.4) is 0 Å². The third kappa shape index (κ3) is 1.32. The molecule has 0 aliphatic heterocycles. The van der Waals surface area contributed by atoms with Gasteiger partial charge in [-0.1, -0.05) is 6.92 Å². The highest BCUT2D eigenvalue weighted by molar-refractivity contribution is 5.82. The third-order valence-corrected chi connectivity index (χ3v) is 4.82. The molecule has 5 unspecified atom stereocenters. The summed E-state index contributed by atoms with van der Waals surface area (Å²) in [5, 5.41) is 3.14. The highest BCUT2D eigenvalue weighted by Crippen LogP contribution is 2.65. The summed E-state index contributed by atoms with van der Waals surface area (Å²) in [6, 6.07) is 0.185. The highest BCUT2D eigenvalue weighted by atomic mass is 16.2. The average molecular weight is 208 g/mol. The fourth-order valence-corrected chi connectivity index (χ4v) is 3.98. The largest absolute Gasteiger partial charge is 0.351 e.